The number of nitrogens with one attached hydrogen (secondary N) is 3. The van der Waals surface area contributed by atoms with E-state index in [1.165, 1.54) is 6.92 Å². The van der Waals surface area contributed by atoms with Crippen LogP contribution in [-0.4, -0.2) is 72.5 Å². The molecule has 0 aliphatic rings. The van der Waals surface area contributed by atoms with Crippen LogP contribution >= 0.6 is 0 Å². The Hall–Kier alpha value is -3.16. The van der Waals surface area contributed by atoms with Gasteiger partial charge in [-0.15, -0.1) is 0 Å². The van der Waals surface area contributed by atoms with Crippen LogP contribution in [0.15, 0.2) is 35.3 Å². The molecule has 13 heteroatoms. The quantitative estimate of drug-likeness (QED) is 0.101. The first-order valence-corrected chi connectivity index (χ1v) is 11.9. The summed E-state index contributed by atoms with van der Waals surface area (Å²) in [6.45, 7) is 10.4. The van der Waals surface area contributed by atoms with Crippen molar-refractivity contribution in [2.45, 2.75) is 59.5 Å². The zero-order valence-corrected chi connectivity index (χ0v) is 22.0. The minimum absolute atomic E-state index is 0.182. The van der Waals surface area contributed by atoms with Gasteiger partial charge in [0.15, 0.2) is 5.96 Å². The number of aliphatic imine (C=N–C) groups is 1. The number of nitrogens with two attached hydrogens (primary N) is 3. The summed E-state index contributed by atoms with van der Waals surface area (Å²) in [4.78, 5) is 39.2. The summed E-state index contributed by atoms with van der Waals surface area (Å²) in [6.07, 6.45) is 0.848. The largest absolute Gasteiger partial charge is 0.472 e. The Bertz CT molecular complexity index is 771. The number of amides is 3. The van der Waals surface area contributed by atoms with E-state index in [1.807, 2.05) is 13.0 Å². The van der Waals surface area contributed by atoms with E-state index in [9.17, 15) is 14.4 Å². The number of hydrogen-bond acceptors (Lipinski definition) is 7. The van der Waals surface area contributed by atoms with E-state index >= 15 is 0 Å². The number of carbonyl (C=O) groups excluding carboxylic acids is 3. The standard InChI is InChI=1S/C15H23BN4O5.C4H11N3.C4H10/c1-10(17)14(22)18-8-13(21)20-12(15(23)19-9-16(24)25)7-11-5-3-2-4-6-11;1-2-3-7-4(5)6;1-4(2)3/h2-6,10,12,24-25H,7-9,17H2,1H3,(H,18,22)(H,19,23)(H,20,21);2-3H2,1H3,(H4,5,6,7);4H,1-3H3. The molecule has 2 unspecified atom stereocenters. The Labute approximate surface area is 214 Å². The van der Waals surface area contributed by atoms with Crippen molar-refractivity contribution >= 4 is 30.8 Å². The molecule has 0 aliphatic carbocycles. The molecule has 0 heterocycles. The maximum Gasteiger partial charge on any atom is 0.472 e. The molecule has 1 aromatic rings. The molecule has 0 saturated heterocycles. The van der Waals surface area contributed by atoms with E-state index in [0.29, 0.717) is 0 Å². The predicted octanol–water partition coefficient (Wildman–Crippen LogP) is -1.36. The van der Waals surface area contributed by atoms with Gasteiger partial charge in [-0.3, -0.25) is 19.4 Å². The highest BCUT2D eigenvalue weighted by Gasteiger charge is 2.22. The molecule has 0 aromatic heterocycles. The summed E-state index contributed by atoms with van der Waals surface area (Å²) >= 11 is 0. The molecule has 0 spiro atoms. The number of guanidine groups is 1. The molecule has 0 aliphatic heterocycles. The fourth-order valence-corrected chi connectivity index (χ4v) is 2.19. The molecule has 1 rings (SSSR count). The van der Waals surface area contributed by atoms with Gasteiger partial charge < -0.3 is 43.2 Å². The van der Waals surface area contributed by atoms with Crippen molar-refractivity contribution < 1.29 is 24.4 Å². The van der Waals surface area contributed by atoms with Gasteiger partial charge in [0.2, 0.25) is 17.7 Å². The van der Waals surface area contributed by atoms with Crippen molar-refractivity contribution in [3.8, 4) is 0 Å². The van der Waals surface area contributed by atoms with Crippen LogP contribution in [0.25, 0.3) is 0 Å². The number of rotatable bonds is 11. The normalized spacial score (nSPS) is 11.4. The molecule has 0 radical (unpaired) electrons. The molecular weight excluding hydrogens is 465 g/mol. The molecule has 0 saturated carbocycles. The summed E-state index contributed by atoms with van der Waals surface area (Å²) in [5.74, 6) is -0.595. The minimum atomic E-state index is -1.69. The Kier molecular flexibility index (Phi) is 20.6. The second-order valence-corrected chi connectivity index (χ2v) is 8.58. The minimum Gasteiger partial charge on any atom is -0.426 e. The molecule has 12 nitrogen and oxygen atoms in total. The average molecular weight is 509 g/mol. The lowest BCUT2D eigenvalue weighted by Crippen LogP contribution is -2.52. The summed E-state index contributed by atoms with van der Waals surface area (Å²) < 4.78 is 0. The molecule has 2 atom stereocenters. The second kappa shape index (κ2) is 21.2. The lowest BCUT2D eigenvalue weighted by molar-refractivity contribution is -0.129. The van der Waals surface area contributed by atoms with Crippen molar-refractivity contribution in [3.63, 3.8) is 0 Å². The summed E-state index contributed by atoms with van der Waals surface area (Å²) in [5.41, 5.74) is 16.2. The third-order valence-electron chi connectivity index (χ3n) is 3.75. The van der Waals surface area contributed by atoms with Crippen LogP contribution in [0.1, 0.15) is 46.6 Å². The van der Waals surface area contributed by atoms with E-state index in [1.54, 1.807) is 24.3 Å². The number of hydrogen-bond donors (Lipinski definition) is 8. The fraction of sp³-hybridized carbons (Fsp3) is 0.565. The maximum absolute atomic E-state index is 12.2. The summed E-state index contributed by atoms with van der Waals surface area (Å²) in [5, 5.41) is 24.9. The highest BCUT2D eigenvalue weighted by molar-refractivity contribution is 6.41. The Balaban J connectivity index is 0. The maximum atomic E-state index is 12.2. The number of nitrogens with zero attached hydrogens (tertiary/aromatic N) is 1. The zero-order chi connectivity index (χ0) is 28.1. The molecule has 11 N–H and O–H groups in total. The first-order chi connectivity index (χ1) is 16.8. The van der Waals surface area contributed by atoms with Crippen LogP contribution < -0.4 is 33.2 Å². The van der Waals surface area contributed by atoms with Gasteiger partial charge in [0.1, 0.15) is 6.04 Å². The SMILES string of the molecule is CC(C)C.CC(N)C(=O)NCC(=O)NC(Cc1ccccc1)C(=O)NCB(O)O.CCCN=C(N)N. The highest BCUT2D eigenvalue weighted by Crippen LogP contribution is 2.03. The Morgan fingerprint density at radius 2 is 1.56 bits per heavy atom. The monoisotopic (exact) mass is 509 g/mol. The van der Waals surface area contributed by atoms with Gasteiger partial charge >= 0.3 is 7.12 Å². The Morgan fingerprint density at radius 3 is 1.97 bits per heavy atom. The smallest absolute Gasteiger partial charge is 0.426 e. The van der Waals surface area contributed by atoms with E-state index in [0.717, 1.165) is 24.4 Å². The van der Waals surface area contributed by atoms with Crippen LogP contribution in [-0.2, 0) is 20.8 Å². The van der Waals surface area contributed by atoms with Crippen molar-refractivity contribution in [3.05, 3.63) is 35.9 Å². The molecule has 204 valence electrons. The van der Waals surface area contributed by atoms with Gasteiger partial charge in [0.25, 0.3) is 0 Å². The van der Waals surface area contributed by atoms with Gasteiger partial charge in [-0.05, 0) is 24.8 Å². The molecular formula is C23H44BN7O5. The van der Waals surface area contributed by atoms with E-state index in [2.05, 4.69) is 41.7 Å². The van der Waals surface area contributed by atoms with Gasteiger partial charge in [0.05, 0.1) is 19.0 Å². The summed E-state index contributed by atoms with van der Waals surface area (Å²) in [7, 11) is -1.69. The highest BCUT2D eigenvalue weighted by atomic mass is 16.4. The van der Waals surface area contributed by atoms with Gasteiger partial charge in [-0.25, -0.2) is 0 Å². The van der Waals surface area contributed by atoms with Crippen LogP contribution in [0.5, 0.6) is 0 Å². The van der Waals surface area contributed by atoms with Gasteiger partial charge in [0, 0.05) is 13.0 Å². The van der Waals surface area contributed by atoms with Crippen molar-refractivity contribution in [2.24, 2.45) is 28.1 Å². The second-order valence-electron chi connectivity index (χ2n) is 8.58. The fourth-order valence-electron chi connectivity index (χ4n) is 2.19. The van der Waals surface area contributed by atoms with E-state index in [4.69, 9.17) is 27.2 Å². The van der Waals surface area contributed by atoms with Gasteiger partial charge in [-0.2, -0.15) is 0 Å². The van der Waals surface area contributed by atoms with Crippen molar-refractivity contribution in [1.29, 1.82) is 0 Å². The first-order valence-electron chi connectivity index (χ1n) is 11.9. The van der Waals surface area contributed by atoms with Crippen LogP contribution in [0, 0.1) is 5.92 Å². The summed E-state index contributed by atoms with van der Waals surface area (Å²) in [6, 6.07) is 7.33. The topological polar surface area (TPSA) is 218 Å². The molecule has 3 amide bonds. The number of benzene rings is 1. The van der Waals surface area contributed by atoms with E-state index in [-0.39, 0.29) is 25.4 Å². The van der Waals surface area contributed by atoms with Crippen LogP contribution in [0.4, 0.5) is 0 Å². The van der Waals surface area contributed by atoms with Crippen LogP contribution in [0.3, 0.4) is 0 Å². The van der Waals surface area contributed by atoms with Gasteiger partial charge in [-0.1, -0.05) is 58.0 Å². The van der Waals surface area contributed by atoms with Crippen molar-refractivity contribution in [2.75, 3.05) is 19.5 Å². The lowest BCUT2D eigenvalue weighted by atomic mass is 9.92. The third-order valence-corrected chi connectivity index (χ3v) is 3.75. The molecule has 36 heavy (non-hydrogen) atoms. The first kappa shape index (κ1) is 35.0. The molecule has 0 fully saturated rings. The third kappa shape index (κ3) is 22.6. The predicted molar refractivity (Wildman–Crippen MR) is 143 cm³/mol. The molecule has 0 bridgehead atoms. The zero-order valence-electron chi connectivity index (χ0n) is 22.0. The van der Waals surface area contributed by atoms with Crippen molar-refractivity contribution in [1.82, 2.24) is 16.0 Å². The Morgan fingerprint density at radius 1 is 1.00 bits per heavy atom. The van der Waals surface area contributed by atoms with E-state index < -0.39 is 36.9 Å². The molecule has 1 aromatic carbocycles. The number of carbonyl (C=O) groups is 3. The average Bonchev–Trinajstić information content (AvgIpc) is 2.79. The van der Waals surface area contributed by atoms with Crippen LogP contribution in [0.2, 0.25) is 0 Å². The lowest BCUT2D eigenvalue weighted by Gasteiger charge is -2.19.